The molecule has 0 saturated carbocycles. The molecular weight excluding hydrogens is 272 g/mol. The Bertz CT molecular complexity index is 656. The van der Waals surface area contributed by atoms with E-state index in [0.717, 1.165) is 26.7 Å². The molecule has 1 heterocycles. The van der Waals surface area contributed by atoms with Crippen LogP contribution >= 0.6 is 11.3 Å². The van der Waals surface area contributed by atoms with E-state index in [1.54, 1.807) is 0 Å². The van der Waals surface area contributed by atoms with Gasteiger partial charge in [0.2, 0.25) is 11.0 Å². The molecule has 2 rings (SSSR count). The molecule has 0 saturated heterocycles. The lowest BCUT2D eigenvalue weighted by molar-refractivity contribution is -0.118. The molecule has 1 aromatic heterocycles. The van der Waals surface area contributed by atoms with E-state index in [1.165, 1.54) is 11.3 Å². The summed E-state index contributed by atoms with van der Waals surface area (Å²) in [5, 5.41) is 7.76. The van der Waals surface area contributed by atoms with Crippen molar-refractivity contribution >= 4 is 44.0 Å². The molecule has 0 aliphatic rings. The Labute approximate surface area is 122 Å². The largest absolute Gasteiger partial charge is 0.326 e. The minimum atomic E-state index is -0.0359. The zero-order valence-electron chi connectivity index (χ0n) is 12.0. The van der Waals surface area contributed by atoms with Crippen LogP contribution in [-0.4, -0.2) is 16.6 Å². The van der Waals surface area contributed by atoms with E-state index >= 15 is 0 Å². The van der Waals surface area contributed by atoms with Gasteiger partial charge in [-0.2, -0.15) is 5.10 Å². The number of fused-ring (bicyclic) bond motifs is 1. The number of carbonyl (C=O) groups excluding carboxylic acids is 1. The number of anilines is 2. The van der Waals surface area contributed by atoms with E-state index in [0.29, 0.717) is 0 Å². The Hall–Kier alpha value is -1.95. The zero-order valence-corrected chi connectivity index (χ0v) is 12.8. The monoisotopic (exact) mass is 290 g/mol. The van der Waals surface area contributed by atoms with Gasteiger partial charge in [-0.1, -0.05) is 25.2 Å². The molecule has 0 spiro atoms. The molecule has 0 bridgehead atoms. The molecule has 0 fully saturated rings. The first-order valence-electron chi connectivity index (χ1n) is 6.44. The summed E-state index contributed by atoms with van der Waals surface area (Å²) >= 11 is 1.51. The summed E-state index contributed by atoms with van der Waals surface area (Å²) in [6.45, 7) is 7.57. The number of carbonyl (C=O) groups is 1. The summed E-state index contributed by atoms with van der Waals surface area (Å²) in [6, 6.07) is 5.69. The standard InChI is InChI=1S/C14H18N4OS/c1-8(2)13(19)15-10-5-6-11-12(7-10)20-14(16-11)18-17-9(3)4/h5-8H,1-4H3,(H,15,19)(H,16,18). The van der Waals surface area contributed by atoms with Crippen molar-refractivity contribution in [2.75, 3.05) is 10.7 Å². The van der Waals surface area contributed by atoms with Crippen LogP contribution in [-0.2, 0) is 4.79 Å². The van der Waals surface area contributed by atoms with Crippen LogP contribution in [0, 0.1) is 5.92 Å². The number of hydrazone groups is 1. The lowest BCUT2D eigenvalue weighted by Crippen LogP contribution is -2.17. The highest BCUT2D eigenvalue weighted by molar-refractivity contribution is 7.22. The molecular formula is C14H18N4OS. The van der Waals surface area contributed by atoms with Crippen molar-refractivity contribution in [1.29, 1.82) is 0 Å². The van der Waals surface area contributed by atoms with E-state index in [1.807, 2.05) is 45.9 Å². The van der Waals surface area contributed by atoms with Crippen LogP contribution < -0.4 is 10.7 Å². The maximum absolute atomic E-state index is 11.7. The van der Waals surface area contributed by atoms with Gasteiger partial charge < -0.3 is 5.32 Å². The molecule has 0 radical (unpaired) electrons. The fourth-order valence-corrected chi connectivity index (χ4v) is 2.34. The van der Waals surface area contributed by atoms with Crippen molar-refractivity contribution in [1.82, 2.24) is 4.98 Å². The van der Waals surface area contributed by atoms with Crippen LogP contribution in [0.1, 0.15) is 27.7 Å². The quantitative estimate of drug-likeness (QED) is 0.666. The van der Waals surface area contributed by atoms with Crippen molar-refractivity contribution in [3.8, 4) is 0 Å². The molecule has 5 nitrogen and oxygen atoms in total. The van der Waals surface area contributed by atoms with E-state index in [2.05, 4.69) is 20.8 Å². The second-order valence-corrected chi connectivity index (χ2v) is 6.05. The Balaban J connectivity index is 2.21. The molecule has 106 valence electrons. The zero-order chi connectivity index (χ0) is 14.7. The minimum absolute atomic E-state index is 0.0124. The van der Waals surface area contributed by atoms with Gasteiger partial charge >= 0.3 is 0 Å². The molecule has 0 atom stereocenters. The number of benzene rings is 1. The summed E-state index contributed by atoms with van der Waals surface area (Å²) in [4.78, 5) is 16.1. The highest BCUT2D eigenvalue weighted by atomic mass is 32.1. The van der Waals surface area contributed by atoms with E-state index < -0.39 is 0 Å². The highest BCUT2D eigenvalue weighted by Gasteiger charge is 2.09. The molecule has 2 N–H and O–H groups in total. The number of aromatic nitrogens is 1. The first-order chi connectivity index (χ1) is 9.45. The van der Waals surface area contributed by atoms with Crippen LogP contribution in [0.2, 0.25) is 0 Å². The fraction of sp³-hybridized carbons (Fsp3) is 0.357. The molecule has 1 aromatic carbocycles. The van der Waals surface area contributed by atoms with E-state index in [9.17, 15) is 4.79 Å². The molecule has 0 aliphatic carbocycles. The van der Waals surface area contributed by atoms with Crippen LogP contribution in [0.3, 0.4) is 0 Å². The van der Waals surface area contributed by atoms with Gasteiger partial charge in [-0.15, -0.1) is 0 Å². The van der Waals surface area contributed by atoms with Crippen molar-refractivity contribution in [3.63, 3.8) is 0 Å². The number of hydrogen-bond acceptors (Lipinski definition) is 5. The number of rotatable bonds is 4. The Morgan fingerprint density at radius 3 is 2.75 bits per heavy atom. The van der Waals surface area contributed by atoms with Crippen LogP contribution in [0.25, 0.3) is 10.2 Å². The molecule has 0 aliphatic heterocycles. The molecule has 6 heteroatoms. The van der Waals surface area contributed by atoms with Gasteiger partial charge in [-0.05, 0) is 32.0 Å². The smallest absolute Gasteiger partial charge is 0.226 e. The van der Waals surface area contributed by atoms with Gasteiger partial charge in [0.25, 0.3) is 0 Å². The maximum atomic E-state index is 11.7. The van der Waals surface area contributed by atoms with Gasteiger partial charge in [-0.3, -0.25) is 10.2 Å². The van der Waals surface area contributed by atoms with Crippen LogP contribution in [0.15, 0.2) is 23.3 Å². The topological polar surface area (TPSA) is 66.4 Å². The Morgan fingerprint density at radius 1 is 1.35 bits per heavy atom. The van der Waals surface area contributed by atoms with E-state index in [-0.39, 0.29) is 11.8 Å². The van der Waals surface area contributed by atoms with Crippen molar-refractivity contribution in [2.24, 2.45) is 11.0 Å². The molecule has 0 unspecified atom stereocenters. The predicted molar refractivity (Wildman–Crippen MR) is 85.5 cm³/mol. The average Bonchev–Trinajstić information content (AvgIpc) is 2.78. The summed E-state index contributed by atoms with van der Waals surface area (Å²) < 4.78 is 1.01. The van der Waals surface area contributed by atoms with Crippen LogP contribution in [0.5, 0.6) is 0 Å². The summed E-state index contributed by atoms with van der Waals surface area (Å²) in [5.41, 5.74) is 5.54. The number of amides is 1. The maximum Gasteiger partial charge on any atom is 0.226 e. The number of thiazole rings is 1. The lowest BCUT2D eigenvalue weighted by atomic mass is 10.2. The number of hydrogen-bond donors (Lipinski definition) is 2. The van der Waals surface area contributed by atoms with Crippen molar-refractivity contribution < 1.29 is 4.79 Å². The van der Waals surface area contributed by atoms with Gasteiger partial charge in [0.15, 0.2) is 0 Å². The molecule has 20 heavy (non-hydrogen) atoms. The van der Waals surface area contributed by atoms with Crippen LogP contribution in [0.4, 0.5) is 10.8 Å². The van der Waals surface area contributed by atoms with Gasteiger partial charge in [0.1, 0.15) is 0 Å². The molecule has 1 amide bonds. The number of nitrogens with zero attached hydrogens (tertiary/aromatic N) is 2. The minimum Gasteiger partial charge on any atom is -0.326 e. The third kappa shape index (κ3) is 3.54. The van der Waals surface area contributed by atoms with E-state index in [4.69, 9.17) is 0 Å². The highest BCUT2D eigenvalue weighted by Crippen LogP contribution is 2.28. The third-order valence-corrected chi connectivity index (χ3v) is 3.48. The Kier molecular flexibility index (Phi) is 4.34. The SMILES string of the molecule is CC(C)=NNc1nc2ccc(NC(=O)C(C)C)cc2s1. The predicted octanol–water partition coefficient (Wildman–Crippen LogP) is 3.70. The second kappa shape index (κ2) is 6.00. The van der Waals surface area contributed by atoms with Crippen molar-refractivity contribution in [2.45, 2.75) is 27.7 Å². The lowest BCUT2D eigenvalue weighted by Gasteiger charge is -2.06. The van der Waals surface area contributed by atoms with Gasteiger partial charge in [0.05, 0.1) is 10.2 Å². The second-order valence-electron chi connectivity index (χ2n) is 5.02. The fourth-order valence-electron chi connectivity index (χ4n) is 1.50. The first kappa shape index (κ1) is 14.5. The summed E-state index contributed by atoms with van der Waals surface area (Å²) in [6.07, 6.45) is 0. The third-order valence-electron chi connectivity index (χ3n) is 2.56. The van der Waals surface area contributed by atoms with Gasteiger partial charge in [-0.25, -0.2) is 4.98 Å². The first-order valence-corrected chi connectivity index (χ1v) is 7.25. The molecule has 2 aromatic rings. The van der Waals surface area contributed by atoms with Gasteiger partial charge in [0, 0.05) is 17.3 Å². The van der Waals surface area contributed by atoms with Crippen molar-refractivity contribution in [3.05, 3.63) is 18.2 Å². The Morgan fingerprint density at radius 2 is 2.10 bits per heavy atom. The average molecular weight is 290 g/mol. The number of nitrogens with one attached hydrogen (secondary N) is 2. The summed E-state index contributed by atoms with van der Waals surface area (Å²) in [5.74, 6) is -0.0235. The summed E-state index contributed by atoms with van der Waals surface area (Å²) in [7, 11) is 0. The normalized spacial score (nSPS) is 10.7.